The van der Waals surface area contributed by atoms with E-state index in [1.807, 2.05) is 41.1 Å². The molecule has 2 aromatic carbocycles. The highest BCUT2D eigenvalue weighted by molar-refractivity contribution is 9.09. The van der Waals surface area contributed by atoms with E-state index >= 15 is 0 Å². The van der Waals surface area contributed by atoms with E-state index < -0.39 is 0 Å². The molecule has 23 heavy (non-hydrogen) atoms. The van der Waals surface area contributed by atoms with E-state index in [1.54, 1.807) is 6.07 Å². The Morgan fingerprint density at radius 1 is 1.09 bits per heavy atom. The van der Waals surface area contributed by atoms with Crippen LogP contribution >= 0.6 is 27.5 Å². The normalized spacial score (nSPS) is 11.1. The minimum atomic E-state index is -0.342. The molecule has 1 aromatic heterocycles. The maximum Gasteiger partial charge on any atom is 0.167 e. The third kappa shape index (κ3) is 3.70. The lowest BCUT2D eigenvalue weighted by Gasteiger charge is -2.09. The van der Waals surface area contributed by atoms with Gasteiger partial charge in [-0.1, -0.05) is 27.5 Å². The van der Waals surface area contributed by atoms with Crippen LogP contribution in [0.1, 0.15) is 12.8 Å². The highest BCUT2D eigenvalue weighted by Crippen LogP contribution is 2.28. The van der Waals surface area contributed by atoms with Crippen LogP contribution < -0.4 is 4.74 Å². The van der Waals surface area contributed by atoms with Crippen molar-refractivity contribution in [2.75, 3.05) is 11.9 Å². The molecule has 5 heteroatoms. The summed E-state index contributed by atoms with van der Waals surface area (Å²) < 4.78 is 21.8. The molecule has 0 spiro atoms. The highest BCUT2D eigenvalue weighted by atomic mass is 79.9. The fourth-order valence-electron chi connectivity index (χ4n) is 2.45. The first-order valence-corrected chi connectivity index (χ1v) is 8.94. The monoisotopic (exact) mass is 395 g/mol. The van der Waals surface area contributed by atoms with Gasteiger partial charge in [0.05, 0.1) is 12.1 Å². The van der Waals surface area contributed by atoms with Crippen molar-refractivity contribution >= 4 is 38.4 Å². The first-order chi connectivity index (χ1) is 11.2. The summed E-state index contributed by atoms with van der Waals surface area (Å²) in [6, 6.07) is 12.7. The maximum atomic E-state index is 14.3. The average Bonchev–Trinajstić information content (AvgIpc) is 2.95. The molecule has 0 aliphatic rings. The Kier molecular flexibility index (Phi) is 5.23. The first-order valence-electron chi connectivity index (χ1n) is 7.44. The van der Waals surface area contributed by atoms with Crippen LogP contribution in [0.4, 0.5) is 4.39 Å². The zero-order valence-electron chi connectivity index (χ0n) is 12.4. The molecule has 2 nitrogen and oxygen atoms in total. The molecule has 3 rings (SSSR count). The summed E-state index contributed by atoms with van der Waals surface area (Å²) in [6.45, 7) is 0.520. The van der Waals surface area contributed by atoms with E-state index in [9.17, 15) is 4.39 Å². The van der Waals surface area contributed by atoms with Gasteiger partial charge in [-0.3, -0.25) is 0 Å². The second-order valence-corrected chi connectivity index (χ2v) is 6.48. The Bertz CT molecular complexity index is 801. The van der Waals surface area contributed by atoms with Gasteiger partial charge in [-0.2, -0.15) is 0 Å². The van der Waals surface area contributed by atoms with Gasteiger partial charge in [0.15, 0.2) is 11.6 Å². The number of unbranched alkanes of at least 4 members (excludes halogenated alkanes) is 1. The Hall–Kier alpha value is -1.52. The Morgan fingerprint density at radius 2 is 1.87 bits per heavy atom. The summed E-state index contributed by atoms with van der Waals surface area (Å²) in [6.07, 6.45) is 3.83. The number of hydrogen-bond donors (Lipinski definition) is 0. The van der Waals surface area contributed by atoms with Crippen molar-refractivity contribution in [3.8, 4) is 11.4 Å². The molecule has 1 heterocycles. The van der Waals surface area contributed by atoms with E-state index in [2.05, 4.69) is 15.9 Å². The number of alkyl halides is 1. The zero-order valence-corrected chi connectivity index (χ0v) is 14.8. The second-order valence-electron chi connectivity index (χ2n) is 5.25. The van der Waals surface area contributed by atoms with Crippen LogP contribution in [0, 0.1) is 5.82 Å². The second kappa shape index (κ2) is 7.37. The molecule has 0 fully saturated rings. The molecule has 0 aliphatic heterocycles. The van der Waals surface area contributed by atoms with E-state index in [1.165, 1.54) is 6.07 Å². The van der Waals surface area contributed by atoms with Gasteiger partial charge in [0.25, 0.3) is 0 Å². The molecular weight excluding hydrogens is 381 g/mol. The molecule has 0 unspecified atom stereocenters. The largest absolute Gasteiger partial charge is 0.490 e. The fourth-order valence-corrected chi connectivity index (χ4v) is 2.97. The van der Waals surface area contributed by atoms with Crippen LogP contribution in [0.25, 0.3) is 16.6 Å². The van der Waals surface area contributed by atoms with Gasteiger partial charge in [-0.05, 0) is 49.2 Å². The SMILES string of the molecule is Fc1cc2c(ccn2-c2ccc(Cl)cc2)cc1OCCCCBr. The van der Waals surface area contributed by atoms with Gasteiger partial charge in [-0.15, -0.1) is 0 Å². The molecule has 0 N–H and O–H groups in total. The van der Waals surface area contributed by atoms with Crippen molar-refractivity contribution in [2.24, 2.45) is 0 Å². The molecular formula is C18H16BrClFNO. The minimum absolute atomic E-state index is 0.306. The van der Waals surface area contributed by atoms with Crippen LogP contribution in [0.15, 0.2) is 48.7 Å². The molecule has 0 saturated carbocycles. The minimum Gasteiger partial charge on any atom is -0.490 e. The van der Waals surface area contributed by atoms with Crippen molar-refractivity contribution in [3.05, 3.63) is 59.5 Å². The summed E-state index contributed by atoms with van der Waals surface area (Å²) in [5.41, 5.74) is 1.74. The first kappa shape index (κ1) is 16.3. The smallest absolute Gasteiger partial charge is 0.167 e. The Balaban J connectivity index is 1.89. The number of aromatic nitrogens is 1. The molecule has 0 amide bonds. The molecule has 0 saturated heterocycles. The number of hydrogen-bond acceptors (Lipinski definition) is 1. The van der Waals surface area contributed by atoms with Crippen molar-refractivity contribution in [1.29, 1.82) is 0 Å². The van der Waals surface area contributed by atoms with Crippen LogP contribution in [0.2, 0.25) is 5.02 Å². The number of ether oxygens (including phenoxy) is 1. The van der Waals surface area contributed by atoms with Crippen molar-refractivity contribution in [3.63, 3.8) is 0 Å². The standard InChI is InChI=1S/C18H16BrClFNO/c19-8-1-2-10-23-18-11-13-7-9-22(17(13)12-16(18)21)15-5-3-14(20)4-6-15/h3-7,9,11-12H,1-2,8,10H2. The van der Waals surface area contributed by atoms with Gasteiger partial charge in [0.1, 0.15) is 0 Å². The molecule has 120 valence electrons. The van der Waals surface area contributed by atoms with E-state index in [4.69, 9.17) is 16.3 Å². The topological polar surface area (TPSA) is 14.2 Å². The summed E-state index contributed by atoms with van der Waals surface area (Å²) >= 11 is 9.29. The number of benzene rings is 2. The van der Waals surface area contributed by atoms with E-state index in [0.29, 0.717) is 17.4 Å². The summed E-state index contributed by atoms with van der Waals surface area (Å²) in [5, 5.41) is 2.55. The van der Waals surface area contributed by atoms with Crippen molar-refractivity contribution in [1.82, 2.24) is 4.57 Å². The zero-order chi connectivity index (χ0) is 16.2. The Morgan fingerprint density at radius 3 is 2.61 bits per heavy atom. The molecule has 3 aromatic rings. The van der Waals surface area contributed by atoms with Crippen LogP contribution in [0.3, 0.4) is 0 Å². The number of rotatable bonds is 6. The van der Waals surface area contributed by atoms with Crippen molar-refractivity contribution < 1.29 is 9.13 Å². The number of fused-ring (bicyclic) bond motifs is 1. The average molecular weight is 397 g/mol. The lowest BCUT2D eigenvalue weighted by molar-refractivity contribution is 0.295. The van der Waals surface area contributed by atoms with Gasteiger partial charge in [-0.25, -0.2) is 4.39 Å². The fraction of sp³-hybridized carbons (Fsp3) is 0.222. The third-order valence-electron chi connectivity index (χ3n) is 3.63. The summed E-state index contributed by atoms with van der Waals surface area (Å²) in [5.74, 6) is -0.0359. The predicted octanol–water partition coefficient (Wildman–Crippen LogP) is 5.98. The lowest BCUT2D eigenvalue weighted by atomic mass is 10.2. The predicted molar refractivity (Wildman–Crippen MR) is 96.8 cm³/mol. The van der Waals surface area contributed by atoms with Gasteiger partial charge < -0.3 is 9.30 Å². The lowest BCUT2D eigenvalue weighted by Crippen LogP contribution is -2.00. The number of halogens is 3. The molecule has 0 aliphatic carbocycles. The van der Waals surface area contributed by atoms with E-state index in [0.717, 1.165) is 34.8 Å². The third-order valence-corrected chi connectivity index (χ3v) is 4.45. The van der Waals surface area contributed by atoms with E-state index in [-0.39, 0.29) is 5.82 Å². The molecule has 0 bridgehead atoms. The summed E-state index contributed by atoms with van der Waals surface area (Å²) in [4.78, 5) is 0. The molecule has 0 radical (unpaired) electrons. The quantitative estimate of drug-likeness (QED) is 0.369. The Labute approximate surface area is 147 Å². The van der Waals surface area contributed by atoms with Gasteiger partial charge >= 0.3 is 0 Å². The summed E-state index contributed by atoms with van der Waals surface area (Å²) in [7, 11) is 0. The van der Waals surface area contributed by atoms with Crippen LogP contribution in [-0.4, -0.2) is 16.5 Å². The van der Waals surface area contributed by atoms with Crippen LogP contribution in [-0.2, 0) is 0 Å². The van der Waals surface area contributed by atoms with Crippen molar-refractivity contribution in [2.45, 2.75) is 12.8 Å². The number of nitrogens with zero attached hydrogens (tertiary/aromatic N) is 1. The molecule has 0 atom stereocenters. The van der Waals surface area contributed by atoms with Gasteiger partial charge in [0, 0.05) is 33.7 Å². The highest BCUT2D eigenvalue weighted by Gasteiger charge is 2.10. The maximum absolute atomic E-state index is 14.3. The van der Waals surface area contributed by atoms with Gasteiger partial charge in [0.2, 0.25) is 0 Å². The van der Waals surface area contributed by atoms with Crippen LogP contribution in [0.5, 0.6) is 5.75 Å².